The van der Waals surface area contributed by atoms with Crippen molar-refractivity contribution < 1.29 is 4.79 Å². The average Bonchev–Trinajstić information content (AvgIpc) is 3.24. The van der Waals surface area contributed by atoms with Gasteiger partial charge in [0.1, 0.15) is 0 Å². The first-order chi connectivity index (χ1) is 13.5. The number of carbonyl (C=O) groups is 1. The fraction of sp³-hybridized carbons (Fsp3) is 0.333. The van der Waals surface area contributed by atoms with Gasteiger partial charge in [-0.2, -0.15) is 5.10 Å². The molecule has 5 nitrogen and oxygen atoms in total. The number of aromatic nitrogens is 2. The monoisotopic (exact) mass is 458 g/mol. The zero-order valence-electron chi connectivity index (χ0n) is 16.1. The number of benzene rings is 1. The third-order valence-electron chi connectivity index (χ3n) is 5.17. The molecule has 0 N–H and O–H groups in total. The Labute approximate surface area is 177 Å². The molecule has 2 aromatic heterocycles. The van der Waals surface area contributed by atoms with E-state index in [-0.39, 0.29) is 5.91 Å². The summed E-state index contributed by atoms with van der Waals surface area (Å²) in [6.45, 7) is 8.14. The van der Waals surface area contributed by atoms with E-state index in [0.717, 1.165) is 59.1 Å². The van der Waals surface area contributed by atoms with Gasteiger partial charge < -0.3 is 4.90 Å². The second-order valence-electron chi connectivity index (χ2n) is 7.07. The number of thiophene rings is 1. The minimum Gasteiger partial charge on any atom is -0.336 e. The van der Waals surface area contributed by atoms with Gasteiger partial charge in [0.2, 0.25) is 0 Å². The maximum atomic E-state index is 13.2. The number of carbonyl (C=O) groups excluding carboxylic acids is 1. The van der Waals surface area contributed by atoms with Crippen molar-refractivity contribution in [3.05, 3.63) is 68.1 Å². The molecule has 3 aromatic rings. The summed E-state index contributed by atoms with van der Waals surface area (Å²) in [6, 6.07) is 14.2. The van der Waals surface area contributed by atoms with Gasteiger partial charge in [0.25, 0.3) is 5.91 Å². The average molecular weight is 459 g/mol. The highest BCUT2D eigenvalue weighted by Crippen LogP contribution is 2.24. The molecular formula is C21H23BrN4OS. The molecule has 1 amide bonds. The number of aryl methyl sites for hydroxylation is 1. The van der Waals surface area contributed by atoms with Crippen LogP contribution in [0, 0.1) is 13.8 Å². The summed E-state index contributed by atoms with van der Waals surface area (Å²) < 4.78 is 3.03. The molecule has 1 aliphatic heterocycles. The molecule has 7 heteroatoms. The molecule has 4 rings (SSSR count). The maximum absolute atomic E-state index is 13.2. The van der Waals surface area contributed by atoms with E-state index < -0.39 is 0 Å². The summed E-state index contributed by atoms with van der Waals surface area (Å²) in [5.74, 6) is 0.0932. The molecule has 0 bridgehead atoms. The largest absolute Gasteiger partial charge is 0.336 e. The van der Waals surface area contributed by atoms with E-state index in [1.807, 2.05) is 53.8 Å². The standard InChI is InChI=1S/C21H23BrN4OS/c1-15-20(16(2)26(23-15)17-6-4-3-5-7-17)21(27)25-12-10-24(11-13-25)14-18-8-9-19(22)28-18/h3-9H,10-14H2,1-2H3. The highest BCUT2D eigenvalue weighted by atomic mass is 79.9. The van der Waals surface area contributed by atoms with Crippen molar-refractivity contribution in [1.29, 1.82) is 0 Å². The van der Waals surface area contributed by atoms with Crippen LogP contribution >= 0.6 is 27.3 Å². The van der Waals surface area contributed by atoms with Crippen LogP contribution in [0.25, 0.3) is 5.69 Å². The van der Waals surface area contributed by atoms with Gasteiger partial charge in [-0.1, -0.05) is 18.2 Å². The van der Waals surface area contributed by atoms with Gasteiger partial charge in [-0.15, -0.1) is 11.3 Å². The highest BCUT2D eigenvalue weighted by Gasteiger charge is 2.27. The molecule has 146 valence electrons. The lowest BCUT2D eigenvalue weighted by Crippen LogP contribution is -2.48. The quantitative estimate of drug-likeness (QED) is 0.585. The van der Waals surface area contributed by atoms with E-state index in [0.29, 0.717) is 0 Å². The van der Waals surface area contributed by atoms with Crippen LogP contribution in [0.4, 0.5) is 0 Å². The lowest BCUT2D eigenvalue weighted by atomic mass is 10.1. The first-order valence-electron chi connectivity index (χ1n) is 9.40. The molecule has 1 aromatic carbocycles. The Bertz CT molecular complexity index is 974. The van der Waals surface area contributed by atoms with Gasteiger partial charge in [-0.3, -0.25) is 9.69 Å². The van der Waals surface area contributed by atoms with Crippen molar-refractivity contribution in [2.75, 3.05) is 26.2 Å². The summed E-state index contributed by atoms with van der Waals surface area (Å²) in [5.41, 5.74) is 3.41. The van der Waals surface area contributed by atoms with Crippen molar-refractivity contribution >= 4 is 33.2 Å². The number of hydrogen-bond acceptors (Lipinski definition) is 4. The zero-order valence-corrected chi connectivity index (χ0v) is 18.5. The predicted octanol–water partition coefficient (Wildman–Crippen LogP) is 4.27. The Kier molecular flexibility index (Phi) is 5.66. The van der Waals surface area contributed by atoms with Gasteiger partial charge in [0.05, 0.1) is 26.4 Å². The van der Waals surface area contributed by atoms with Crippen molar-refractivity contribution in [3.8, 4) is 5.69 Å². The predicted molar refractivity (Wildman–Crippen MR) is 116 cm³/mol. The van der Waals surface area contributed by atoms with E-state index in [4.69, 9.17) is 0 Å². The van der Waals surface area contributed by atoms with Gasteiger partial charge in [0, 0.05) is 37.6 Å². The maximum Gasteiger partial charge on any atom is 0.257 e. The van der Waals surface area contributed by atoms with E-state index in [2.05, 4.69) is 38.1 Å². The van der Waals surface area contributed by atoms with E-state index >= 15 is 0 Å². The Morgan fingerprint density at radius 2 is 1.79 bits per heavy atom. The van der Waals surface area contributed by atoms with Gasteiger partial charge in [-0.05, 0) is 54.0 Å². The summed E-state index contributed by atoms with van der Waals surface area (Å²) in [6.07, 6.45) is 0. The lowest BCUT2D eigenvalue weighted by molar-refractivity contribution is 0.0628. The van der Waals surface area contributed by atoms with Crippen LogP contribution in [-0.2, 0) is 6.54 Å². The minimum absolute atomic E-state index is 0.0932. The third-order valence-corrected chi connectivity index (χ3v) is 6.78. The lowest BCUT2D eigenvalue weighted by Gasteiger charge is -2.34. The molecule has 0 radical (unpaired) electrons. The van der Waals surface area contributed by atoms with Crippen LogP contribution in [0.1, 0.15) is 26.6 Å². The minimum atomic E-state index is 0.0932. The summed E-state index contributed by atoms with van der Waals surface area (Å²) in [4.78, 5) is 18.9. The Morgan fingerprint density at radius 3 is 2.43 bits per heavy atom. The Balaban J connectivity index is 1.45. The van der Waals surface area contributed by atoms with Gasteiger partial charge in [-0.25, -0.2) is 4.68 Å². The second-order valence-corrected chi connectivity index (χ2v) is 9.61. The fourth-order valence-electron chi connectivity index (χ4n) is 3.70. The molecule has 3 heterocycles. The molecule has 0 unspecified atom stereocenters. The molecule has 1 fully saturated rings. The molecule has 0 spiro atoms. The van der Waals surface area contributed by atoms with Crippen molar-refractivity contribution in [2.24, 2.45) is 0 Å². The number of piperazine rings is 1. The van der Waals surface area contributed by atoms with Crippen molar-refractivity contribution in [2.45, 2.75) is 20.4 Å². The number of rotatable bonds is 4. The highest BCUT2D eigenvalue weighted by molar-refractivity contribution is 9.11. The Hall–Kier alpha value is -1.96. The summed E-state index contributed by atoms with van der Waals surface area (Å²) in [7, 11) is 0. The van der Waals surface area contributed by atoms with Crippen molar-refractivity contribution in [3.63, 3.8) is 0 Å². The molecule has 0 saturated carbocycles. The zero-order chi connectivity index (χ0) is 19.7. The second kappa shape index (κ2) is 8.19. The molecule has 0 aliphatic carbocycles. The SMILES string of the molecule is Cc1nn(-c2ccccc2)c(C)c1C(=O)N1CCN(Cc2ccc(Br)s2)CC1. The molecule has 0 atom stereocenters. The topological polar surface area (TPSA) is 41.4 Å². The third kappa shape index (κ3) is 3.92. The van der Waals surface area contributed by atoms with Gasteiger partial charge >= 0.3 is 0 Å². The number of hydrogen-bond donors (Lipinski definition) is 0. The van der Waals surface area contributed by atoms with E-state index in [9.17, 15) is 4.79 Å². The van der Waals surface area contributed by atoms with Crippen LogP contribution in [0.15, 0.2) is 46.3 Å². The molecule has 1 saturated heterocycles. The molecule has 1 aliphatic rings. The van der Waals surface area contributed by atoms with Crippen LogP contribution in [0.5, 0.6) is 0 Å². The Morgan fingerprint density at radius 1 is 1.07 bits per heavy atom. The van der Waals surface area contributed by atoms with Crippen LogP contribution in [0.3, 0.4) is 0 Å². The van der Waals surface area contributed by atoms with E-state index in [1.165, 1.54) is 4.88 Å². The van der Waals surface area contributed by atoms with Crippen LogP contribution in [-0.4, -0.2) is 51.7 Å². The molecule has 28 heavy (non-hydrogen) atoms. The van der Waals surface area contributed by atoms with Crippen molar-refractivity contribution in [1.82, 2.24) is 19.6 Å². The summed E-state index contributed by atoms with van der Waals surface area (Å²) >= 11 is 5.30. The normalized spacial score (nSPS) is 15.2. The van der Waals surface area contributed by atoms with Crippen LogP contribution < -0.4 is 0 Å². The fourth-order valence-corrected chi connectivity index (χ4v) is 5.22. The number of para-hydroxylation sites is 1. The smallest absolute Gasteiger partial charge is 0.257 e. The summed E-state index contributed by atoms with van der Waals surface area (Å²) in [5, 5.41) is 4.63. The number of amides is 1. The molecular weight excluding hydrogens is 436 g/mol. The first kappa shape index (κ1) is 19.4. The first-order valence-corrected chi connectivity index (χ1v) is 11.0. The van der Waals surface area contributed by atoms with Crippen LogP contribution in [0.2, 0.25) is 0 Å². The number of halogens is 1. The van der Waals surface area contributed by atoms with E-state index in [1.54, 1.807) is 11.3 Å². The number of nitrogens with zero attached hydrogens (tertiary/aromatic N) is 4. The van der Waals surface area contributed by atoms with Gasteiger partial charge in [0.15, 0.2) is 0 Å².